The fraction of sp³-hybridized carbons (Fsp3) is 0.273. The van der Waals surface area contributed by atoms with Crippen LogP contribution in [0.25, 0.3) is 0 Å². The van der Waals surface area contributed by atoms with E-state index in [0.717, 1.165) is 17.1 Å². The van der Waals surface area contributed by atoms with E-state index in [0.29, 0.717) is 30.5 Å². The molecule has 0 saturated heterocycles. The number of amides is 1. The highest BCUT2D eigenvalue weighted by Crippen LogP contribution is 2.30. The van der Waals surface area contributed by atoms with Crippen LogP contribution in [0, 0.1) is 0 Å². The number of carbonyl (C=O) groups excluding carboxylic acids is 1. The SMILES string of the molecule is CN(CC(=O)Nc1ccnn1Cc1cccc(Cl)c1)CC1COc2ccccc2O1. The topological polar surface area (TPSA) is 68.6 Å². The molecular weight excluding hydrogens is 404 g/mol. The molecule has 1 aliphatic rings. The van der Waals surface area contributed by atoms with Crippen LogP contribution in [0.15, 0.2) is 60.8 Å². The standard InChI is InChI=1S/C22H23ClN4O3/c1-26(13-18-15-29-19-7-2-3-8-20(19)30-18)14-22(28)25-21-9-10-24-27(21)12-16-5-4-6-17(23)11-16/h2-11,18H,12-15H2,1H3,(H,25,28). The summed E-state index contributed by atoms with van der Waals surface area (Å²) in [5.74, 6) is 2.00. The number of benzene rings is 2. The van der Waals surface area contributed by atoms with Gasteiger partial charge in [0.25, 0.3) is 0 Å². The number of fused-ring (bicyclic) bond motifs is 1. The van der Waals surface area contributed by atoms with E-state index in [2.05, 4.69) is 10.4 Å². The summed E-state index contributed by atoms with van der Waals surface area (Å²) in [6.07, 6.45) is 1.53. The van der Waals surface area contributed by atoms with Crippen molar-refractivity contribution in [2.24, 2.45) is 0 Å². The number of aromatic nitrogens is 2. The Morgan fingerprint density at radius 1 is 1.23 bits per heavy atom. The fourth-order valence-corrected chi connectivity index (χ4v) is 3.58. The summed E-state index contributed by atoms with van der Waals surface area (Å²) < 4.78 is 13.4. The molecule has 0 fully saturated rings. The van der Waals surface area contributed by atoms with Gasteiger partial charge in [0.1, 0.15) is 18.5 Å². The van der Waals surface area contributed by atoms with Crippen LogP contribution in [0.3, 0.4) is 0 Å². The first-order valence-electron chi connectivity index (χ1n) is 9.70. The van der Waals surface area contributed by atoms with E-state index in [9.17, 15) is 4.79 Å². The van der Waals surface area contributed by atoms with E-state index in [4.69, 9.17) is 21.1 Å². The quantitative estimate of drug-likeness (QED) is 0.627. The molecule has 1 aromatic heterocycles. The van der Waals surface area contributed by atoms with Crippen LogP contribution < -0.4 is 14.8 Å². The molecule has 2 heterocycles. The van der Waals surface area contributed by atoms with Crippen molar-refractivity contribution >= 4 is 23.3 Å². The van der Waals surface area contributed by atoms with Crippen molar-refractivity contribution in [3.63, 3.8) is 0 Å². The Morgan fingerprint density at radius 3 is 2.90 bits per heavy atom. The Hall–Kier alpha value is -3.03. The lowest BCUT2D eigenvalue weighted by Crippen LogP contribution is -2.42. The summed E-state index contributed by atoms with van der Waals surface area (Å²) >= 11 is 6.05. The molecule has 1 unspecified atom stereocenters. The Labute approximate surface area is 180 Å². The maximum atomic E-state index is 12.5. The average Bonchev–Trinajstić information content (AvgIpc) is 3.14. The third-order valence-corrected chi connectivity index (χ3v) is 4.94. The number of ether oxygens (including phenoxy) is 2. The lowest BCUT2D eigenvalue weighted by Gasteiger charge is -2.29. The second kappa shape index (κ2) is 9.19. The van der Waals surface area contributed by atoms with Crippen molar-refractivity contribution in [1.82, 2.24) is 14.7 Å². The fourth-order valence-electron chi connectivity index (χ4n) is 3.37. The minimum atomic E-state index is -0.133. The Kier molecular flexibility index (Phi) is 6.21. The highest BCUT2D eigenvalue weighted by molar-refractivity contribution is 6.30. The number of anilines is 1. The number of hydrogen-bond acceptors (Lipinski definition) is 5. The average molecular weight is 427 g/mol. The molecule has 2 aromatic carbocycles. The molecule has 3 aromatic rings. The molecule has 30 heavy (non-hydrogen) atoms. The first kappa shape index (κ1) is 20.3. The number of hydrogen-bond donors (Lipinski definition) is 1. The highest BCUT2D eigenvalue weighted by atomic mass is 35.5. The van der Waals surface area contributed by atoms with Crippen molar-refractivity contribution in [2.45, 2.75) is 12.6 Å². The van der Waals surface area contributed by atoms with E-state index in [-0.39, 0.29) is 18.6 Å². The minimum absolute atomic E-state index is 0.123. The van der Waals surface area contributed by atoms with E-state index in [1.807, 2.05) is 60.5 Å². The van der Waals surface area contributed by atoms with E-state index in [1.165, 1.54) is 0 Å². The number of nitrogens with zero attached hydrogens (tertiary/aromatic N) is 3. The summed E-state index contributed by atoms with van der Waals surface area (Å²) in [5, 5.41) is 7.89. The Morgan fingerprint density at radius 2 is 2.07 bits per heavy atom. The van der Waals surface area contributed by atoms with Crippen LogP contribution in [-0.4, -0.2) is 53.4 Å². The summed E-state index contributed by atoms with van der Waals surface area (Å²) in [7, 11) is 1.88. The third-order valence-electron chi connectivity index (χ3n) is 4.70. The maximum absolute atomic E-state index is 12.5. The summed E-state index contributed by atoms with van der Waals surface area (Å²) in [6, 6.07) is 16.9. The zero-order chi connectivity index (χ0) is 20.9. The summed E-state index contributed by atoms with van der Waals surface area (Å²) in [6.45, 7) is 1.77. The minimum Gasteiger partial charge on any atom is -0.486 e. The number of halogens is 1. The van der Waals surface area contributed by atoms with Crippen LogP contribution in [0.5, 0.6) is 11.5 Å². The second-order valence-electron chi connectivity index (χ2n) is 7.25. The van der Waals surface area contributed by atoms with Gasteiger partial charge in [-0.15, -0.1) is 0 Å². The molecule has 1 aliphatic heterocycles. The van der Waals surface area contributed by atoms with Gasteiger partial charge < -0.3 is 14.8 Å². The van der Waals surface area contributed by atoms with Gasteiger partial charge in [-0.1, -0.05) is 35.9 Å². The van der Waals surface area contributed by atoms with Crippen LogP contribution >= 0.6 is 11.6 Å². The molecule has 8 heteroatoms. The predicted octanol–water partition coefficient (Wildman–Crippen LogP) is 3.30. The van der Waals surface area contributed by atoms with Gasteiger partial charge in [-0.05, 0) is 36.9 Å². The summed E-state index contributed by atoms with van der Waals surface area (Å²) in [5.41, 5.74) is 1.01. The second-order valence-corrected chi connectivity index (χ2v) is 7.68. The van der Waals surface area contributed by atoms with Gasteiger partial charge in [0.05, 0.1) is 19.3 Å². The van der Waals surface area contributed by atoms with Gasteiger partial charge >= 0.3 is 0 Å². The van der Waals surface area contributed by atoms with Gasteiger partial charge in [0.2, 0.25) is 5.91 Å². The molecular formula is C22H23ClN4O3. The number of carbonyl (C=O) groups is 1. The summed E-state index contributed by atoms with van der Waals surface area (Å²) in [4.78, 5) is 14.4. The number of likely N-dealkylation sites (N-methyl/N-ethyl adjacent to an activating group) is 1. The lowest BCUT2D eigenvalue weighted by atomic mass is 10.2. The third kappa shape index (κ3) is 5.11. The van der Waals surface area contributed by atoms with Crippen molar-refractivity contribution in [3.05, 3.63) is 71.4 Å². The highest BCUT2D eigenvalue weighted by Gasteiger charge is 2.22. The van der Waals surface area contributed by atoms with E-state index in [1.54, 1.807) is 16.9 Å². The first-order chi connectivity index (χ1) is 14.6. The van der Waals surface area contributed by atoms with Gasteiger partial charge in [0, 0.05) is 17.6 Å². The predicted molar refractivity (Wildman–Crippen MR) is 115 cm³/mol. The monoisotopic (exact) mass is 426 g/mol. The Bertz CT molecular complexity index is 1020. The maximum Gasteiger partial charge on any atom is 0.239 e. The van der Waals surface area contributed by atoms with Gasteiger partial charge in [-0.25, -0.2) is 4.68 Å². The normalized spacial score (nSPS) is 15.2. The number of para-hydroxylation sites is 2. The molecule has 156 valence electrons. The smallest absolute Gasteiger partial charge is 0.239 e. The van der Waals surface area contributed by atoms with E-state index >= 15 is 0 Å². The van der Waals surface area contributed by atoms with Crippen LogP contribution in [0.2, 0.25) is 5.02 Å². The first-order valence-corrected chi connectivity index (χ1v) is 10.1. The molecule has 0 aliphatic carbocycles. The number of nitrogens with one attached hydrogen (secondary N) is 1. The van der Waals surface area contributed by atoms with E-state index < -0.39 is 0 Å². The van der Waals surface area contributed by atoms with Crippen LogP contribution in [0.4, 0.5) is 5.82 Å². The van der Waals surface area contributed by atoms with Crippen molar-refractivity contribution in [1.29, 1.82) is 0 Å². The molecule has 0 radical (unpaired) electrons. The van der Waals surface area contributed by atoms with Crippen LogP contribution in [0.1, 0.15) is 5.56 Å². The molecule has 4 rings (SSSR count). The molecule has 0 spiro atoms. The van der Waals surface area contributed by atoms with Gasteiger partial charge in [-0.3, -0.25) is 9.69 Å². The van der Waals surface area contributed by atoms with Gasteiger partial charge in [-0.2, -0.15) is 5.10 Å². The molecule has 0 bridgehead atoms. The van der Waals surface area contributed by atoms with Crippen LogP contribution in [-0.2, 0) is 11.3 Å². The zero-order valence-corrected chi connectivity index (χ0v) is 17.4. The zero-order valence-electron chi connectivity index (χ0n) is 16.6. The molecule has 1 N–H and O–H groups in total. The molecule has 1 amide bonds. The lowest BCUT2D eigenvalue weighted by molar-refractivity contribution is -0.117. The number of rotatable bonds is 7. The molecule has 1 atom stereocenters. The largest absolute Gasteiger partial charge is 0.486 e. The van der Waals surface area contributed by atoms with Gasteiger partial charge in [0.15, 0.2) is 11.5 Å². The molecule has 7 nitrogen and oxygen atoms in total. The van der Waals surface area contributed by atoms with Crippen molar-refractivity contribution in [3.8, 4) is 11.5 Å². The Balaban J connectivity index is 1.29. The molecule has 0 saturated carbocycles. The van der Waals surface area contributed by atoms with Crippen molar-refractivity contribution in [2.75, 3.05) is 32.1 Å². The van der Waals surface area contributed by atoms with Crippen molar-refractivity contribution < 1.29 is 14.3 Å².